The lowest BCUT2D eigenvalue weighted by molar-refractivity contribution is -0.131. The Morgan fingerprint density at radius 3 is 1.07 bits per heavy atom. The van der Waals surface area contributed by atoms with Crippen LogP contribution in [0.25, 0.3) is 0 Å². The molecule has 0 fully saturated rings. The van der Waals surface area contributed by atoms with Crippen LogP contribution in [-0.4, -0.2) is 46.1 Å². The van der Waals surface area contributed by atoms with Crippen molar-refractivity contribution >= 4 is 5.91 Å². The first-order chi connectivity index (χ1) is 28.1. The van der Waals surface area contributed by atoms with Crippen molar-refractivity contribution < 1.29 is 20.1 Å². The topological polar surface area (TPSA) is 89.8 Å². The Kier molecular flexibility index (Phi) is 46.1. The first kappa shape index (κ1) is 55.6. The van der Waals surface area contributed by atoms with E-state index in [1.54, 1.807) is 6.08 Å². The molecule has 57 heavy (non-hydrogen) atoms. The lowest BCUT2D eigenvalue weighted by Crippen LogP contribution is -2.48. The summed E-state index contributed by atoms with van der Waals surface area (Å²) in [5.74, 6) is -0.514. The molecule has 0 aromatic rings. The zero-order valence-electron chi connectivity index (χ0n) is 38.2. The molecule has 0 saturated carbocycles. The number of hydrogen-bond donors (Lipinski definition) is 4. The summed E-state index contributed by atoms with van der Waals surface area (Å²) in [6, 6.07) is -0.819. The largest absolute Gasteiger partial charge is 0.394 e. The second kappa shape index (κ2) is 47.3. The summed E-state index contributed by atoms with van der Waals surface area (Å²) in [6.45, 7) is 4.17. The Labute approximate surface area is 355 Å². The maximum absolute atomic E-state index is 12.5. The van der Waals surface area contributed by atoms with E-state index in [-0.39, 0.29) is 6.61 Å². The molecular weight excluding hydrogens is 703 g/mol. The fourth-order valence-electron chi connectivity index (χ4n) is 7.75. The molecule has 1 amide bonds. The molecule has 0 heterocycles. The molecule has 0 spiro atoms. The molecule has 5 heteroatoms. The molecule has 0 aliphatic rings. The minimum atomic E-state index is -1.11. The van der Waals surface area contributed by atoms with Crippen molar-refractivity contribution in [3.63, 3.8) is 0 Å². The van der Waals surface area contributed by atoms with Crippen LogP contribution in [0.3, 0.4) is 0 Å². The summed E-state index contributed by atoms with van der Waals surface area (Å²) >= 11 is 0. The molecule has 0 aliphatic carbocycles. The summed E-state index contributed by atoms with van der Waals surface area (Å²) in [7, 11) is 0. The molecule has 0 aliphatic heterocycles. The average molecular weight is 802 g/mol. The van der Waals surface area contributed by atoms with Crippen LogP contribution in [0.4, 0.5) is 0 Å². The Bertz CT molecular complexity index is 885. The highest BCUT2D eigenvalue weighted by atomic mass is 16.3. The lowest BCUT2D eigenvalue weighted by atomic mass is 10.0. The molecule has 3 atom stereocenters. The predicted molar refractivity (Wildman–Crippen MR) is 250 cm³/mol. The van der Waals surface area contributed by atoms with E-state index in [0.29, 0.717) is 6.42 Å². The van der Waals surface area contributed by atoms with Crippen LogP contribution in [-0.2, 0) is 4.79 Å². The summed E-state index contributed by atoms with van der Waals surface area (Å²) < 4.78 is 0. The van der Waals surface area contributed by atoms with E-state index < -0.39 is 24.2 Å². The van der Waals surface area contributed by atoms with E-state index in [4.69, 9.17) is 0 Å². The van der Waals surface area contributed by atoms with E-state index in [9.17, 15) is 20.1 Å². The van der Waals surface area contributed by atoms with Crippen LogP contribution in [0.2, 0.25) is 0 Å². The standard InChI is InChI=1S/C52H99NO4/c1-3-5-7-9-11-13-15-17-19-21-22-23-24-25-26-27-28-29-30-31-33-35-37-39-41-43-45-47-51(56)52(57)53-49(48-54)50(55)46-44-42-40-38-36-34-32-20-18-16-14-12-10-8-6-4-2/h18,20,36,38,44,46,49-51,54-56H,3-17,19,21-35,37,39-43,45,47-48H2,1-2H3,(H,53,57)/b20-18+,38-36+,46-44+. The van der Waals surface area contributed by atoms with Gasteiger partial charge in [-0.15, -0.1) is 0 Å². The van der Waals surface area contributed by atoms with Crippen LogP contribution in [0.15, 0.2) is 36.5 Å². The normalized spacial score (nSPS) is 13.7. The number of carbonyl (C=O) groups excluding carboxylic acids is 1. The van der Waals surface area contributed by atoms with Gasteiger partial charge in [-0.05, 0) is 44.9 Å². The quantitative estimate of drug-likeness (QED) is 0.0365. The van der Waals surface area contributed by atoms with Gasteiger partial charge in [0.1, 0.15) is 6.10 Å². The van der Waals surface area contributed by atoms with Crippen molar-refractivity contribution in [3.05, 3.63) is 36.5 Å². The number of nitrogens with one attached hydrogen (secondary N) is 1. The zero-order chi connectivity index (χ0) is 41.5. The molecular formula is C52H99NO4. The number of amides is 1. The third kappa shape index (κ3) is 42.5. The van der Waals surface area contributed by atoms with Crippen LogP contribution in [0.1, 0.15) is 264 Å². The molecule has 3 unspecified atom stereocenters. The van der Waals surface area contributed by atoms with Gasteiger partial charge in [-0.2, -0.15) is 0 Å². The number of carbonyl (C=O) groups is 1. The van der Waals surface area contributed by atoms with Crippen molar-refractivity contribution in [2.45, 2.75) is 283 Å². The van der Waals surface area contributed by atoms with Gasteiger partial charge < -0.3 is 20.6 Å². The molecule has 0 rings (SSSR count). The van der Waals surface area contributed by atoms with Crippen molar-refractivity contribution in [2.24, 2.45) is 0 Å². The number of aliphatic hydroxyl groups is 3. The highest BCUT2D eigenvalue weighted by Crippen LogP contribution is 2.17. The minimum Gasteiger partial charge on any atom is -0.394 e. The highest BCUT2D eigenvalue weighted by molar-refractivity contribution is 5.80. The summed E-state index contributed by atoms with van der Waals surface area (Å²) in [5.41, 5.74) is 0. The molecule has 4 N–H and O–H groups in total. The highest BCUT2D eigenvalue weighted by Gasteiger charge is 2.22. The fourth-order valence-corrected chi connectivity index (χ4v) is 7.75. The van der Waals surface area contributed by atoms with E-state index in [2.05, 4.69) is 43.5 Å². The zero-order valence-corrected chi connectivity index (χ0v) is 38.2. The van der Waals surface area contributed by atoms with E-state index >= 15 is 0 Å². The fraction of sp³-hybridized carbons (Fsp3) is 0.865. The van der Waals surface area contributed by atoms with E-state index in [1.807, 2.05) is 6.08 Å². The minimum absolute atomic E-state index is 0.379. The molecule has 0 saturated heterocycles. The Morgan fingerprint density at radius 1 is 0.421 bits per heavy atom. The predicted octanol–water partition coefficient (Wildman–Crippen LogP) is 15.1. The van der Waals surface area contributed by atoms with Crippen molar-refractivity contribution in [1.82, 2.24) is 5.32 Å². The number of aliphatic hydroxyl groups excluding tert-OH is 3. The average Bonchev–Trinajstić information content (AvgIpc) is 3.22. The Balaban J connectivity index is 3.59. The Hall–Kier alpha value is -1.43. The third-order valence-electron chi connectivity index (χ3n) is 11.7. The molecule has 0 bridgehead atoms. The smallest absolute Gasteiger partial charge is 0.249 e. The van der Waals surface area contributed by atoms with Crippen LogP contribution < -0.4 is 5.32 Å². The van der Waals surface area contributed by atoms with Crippen LogP contribution in [0.5, 0.6) is 0 Å². The second-order valence-corrected chi connectivity index (χ2v) is 17.4. The van der Waals surface area contributed by atoms with E-state index in [1.165, 1.54) is 199 Å². The Morgan fingerprint density at radius 2 is 0.719 bits per heavy atom. The van der Waals surface area contributed by atoms with Gasteiger partial charge in [-0.3, -0.25) is 4.79 Å². The maximum Gasteiger partial charge on any atom is 0.249 e. The summed E-state index contributed by atoms with van der Waals surface area (Å²) in [6.07, 6.45) is 60.6. The number of unbranched alkanes of at least 4 members (excludes halogenated alkanes) is 34. The second-order valence-electron chi connectivity index (χ2n) is 17.4. The molecule has 5 nitrogen and oxygen atoms in total. The van der Waals surface area contributed by atoms with Gasteiger partial charge in [-0.25, -0.2) is 0 Å². The summed E-state index contributed by atoms with van der Waals surface area (Å²) in [4.78, 5) is 12.5. The maximum atomic E-state index is 12.5. The van der Waals surface area contributed by atoms with Gasteiger partial charge in [-0.1, -0.05) is 256 Å². The van der Waals surface area contributed by atoms with Crippen molar-refractivity contribution in [3.8, 4) is 0 Å². The third-order valence-corrected chi connectivity index (χ3v) is 11.7. The molecule has 0 aromatic carbocycles. The molecule has 0 radical (unpaired) electrons. The number of hydrogen-bond acceptors (Lipinski definition) is 4. The SMILES string of the molecule is CCCCCCCC/C=C/CC/C=C/CC/C=C/C(O)C(CO)NC(=O)C(O)CCCCCCCCCCCCCCCCCCCCCCCCCCCCC. The van der Waals surface area contributed by atoms with Gasteiger partial charge in [0.25, 0.3) is 0 Å². The van der Waals surface area contributed by atoms with E-state index in [0.717, 1.165) is 44.9 Å². The van der Waals surface area contributed by atoms with Gasteiger partial charge in [0.15, 0.2) is 0 Å². The lowest BCUT2D eigenvalue weighted by Gasteiger charge is -2.21. The van der Waals surface area contributed by atoms with Crippen LogP contribution in [0, 0.1) is 0 Å². The van der Waals surface area contributed by atoms with Crippen molar-refractivity contribution in [1.29, 1.82) is 0 Å². The van der Waals surface area contributed by atoms with Crippen molar-refractivity contribution in [2.75, 3.05) is 6.61 Å². The van der Waals surface area contributed by atoms with Gasteiger partial charge in [0, 0.05) is 0 Å². The molecule has 336 valence electrons. The van der Waals surface area contributed by atoms with Gasteiger partial charge >= 0.3 is 0 Å². The monoisotopic (exact) mass is 802 g/mol. The first-order valence-electron chi connectivity index (χ1n) is 25.3. The number of rotatable bonds is 46. The van der Waals surface area contributed by atoms with Gasteiger partial charge in [0.05, 0.1) is 18.8 Å². The van der Waals surface area contributed by atoms with Gasteiger partial charge in [0.2, 0.25) is 5.91 Å². The first-order valence-corrected chi connectivity index (χ1v) is 25.3. The summed E-state index contributed by atoms with van der Waals surface area (Å²) in [5, 5.41) is 33.2. The number of allylic oxidation sites excluding steroid dienone is 5. The molecule has 0 aromatic heterocycles. The van der Waals surface area contributed by atoms with Crippen LogP contribution >= 0.6 is 0 Å².